The van der Waals surface area contributed by atoms with Gasteiger partial charge in [-0.15, -0.1) is 6.58 Å². The van der Waals surface area contributed by atoms with Gasteiger partial charge in [-0.2, -0.15) is 0 Å². The van der Waals surface area contributed by atoms with Crippen LogP contribution in [0.3, 0.4) is 0 Å². The summed E-state index contributed by atoms with van der Waals surface area (Å²) < 4.78 is 0. The van der Waals surface area contributed by atoms with E-state index in [2.05, 4.69) is 34.2 Å². The predicted molar refractivity (Wildman–Crippen MR) is 116 cm³/mol. The van der Waals surface area contributed by atoms with Gasteiger partial charge < -0.3 is 15.5 Å². The zero-order valence-electron chi connectivity index (χ0n) is 17.3. The van der Waals surface area contributed by atoms with Crippen molar-refractivity contribution in [3.8, 4) is 0 Å². The lowest BCUT2D eigenvalue weighted by Gasteiger charge is -2.40. The fourth-order valence-corrected chi connectivity index (χ4v) is 4.50. The molecule has 1 heterocycles. The van der Waals surface area contributed by atoms with E-state index in [4.69, 9.17) is 0 Å². The normalized spacial score (nSPS) is 19.0. The lowest BCUT2D eigenvalue weighted by Crippen LogP contribution is -2.59. The van der Waals surface area contributed by atoms with E-state index in [0.29, 0.717) is 32.1 Å². The molecule has 1 saturated heterocycles. The summed E-state index contributed by atoms with van der Waals surface area (Å²) in [5, 5.41) is 6.02. The molecule has 158 valence electrons. The van der Waals surface area contributed by atoms with Crippen LogP contribution in [-0.2, 0) is 11.2 Å². The number of hydrogen-bond donors (Lipinski definition) is 2. The molecule has 0 unspecified atom stereocenters. The molecule has 1 aromatic carbocycles. The summed E-state index contributed by atoms with van der Waals surface area (Å²) in [5.74, 6) is 0.574. The number of carbonyl (C=O) groups is 2. The molecular weight excluding hydrogens is 364 g/mol. The average Bonchev–Trinajstić information content (AvgIpc) is 3.28. The molecule has 1 aliphatic carbocycles. The Morgan fingerprint density at radius 2 is 1.76 bits per heavy atom. The first-order valence-electron chi connectivity index (χ1n) is 10.9. The third kappa shape index (κ3) is 6.07. The van der Waals surface area contributed by atoms with E-state index in [9.17, 15) is 9.59 Å². The van der Waals surface area contributed by atoms with E-state index >= 15 is 0 Å². The maximum Gasteiger partial charge on any atom is 0.317 e. The molecule has 1 saturated carbocycles. The van der Waals surface area contributed by atoms with E-state index in [1.807, 2.05) is 23.1 Å². The highest BCUT2D eigenvalue weighted by Crippen LogP contribution is 2.31. The largest absolute Gasteiger partial charge is 0.354 e. The minimum absolute atomic E-state index is 0.0470. The van der Waals surface area contributed by atoms with Crippen molar-refractivity contribution in [2.45, 2.75) is 38.1 Å². The first-order valence-corrected chi connectivity index (χ1v) is 10.9. The Bertz CT molecular complexity index is 665. The molecule has 6 heteroatoms. The molecule has 2 N–H and O–H groups in total. The van der Waals surface area contributed by atoms with Crippen molar-refractivity contribution in [2.75, 3.05) is 39.3 Å². The minimum Gasteiger partial charge on any atom is -0.354 e. The lowest BCUT2D eigenvalue weighted by atomic mass is 9.95. The summed E-state index contributed by atoms with van der Waals surface area (Å²) in [6, 6.07) is 10.1. The third-order valence-electron chi connectivity index (χ3n) is 6.06. The summed E-state index contributed by atoms with van der Waals surface area (Å²) in [4.78, 5) is 29.4. The van der Waals surface area contributed by atoms with Crippen LogP contribution in [0.25, 0.3) is 0 Å². The van der Waals surface area contributed by atoms with Crippen LogP contribution in [0.5, 0.6) is 0 Å². The van der Waals surface area contributed by atoms with Crippen molar-refractivity contribution < 1.29 is 9.59 Å². The number of hydrogen-bond acceptors (Lipinski definition) is 3. The average molecular weight is 399 g/mol. The van der Waals surface area contributed by atoms with Crippen LogP contribution in [0.4, 0.5) is 4.79 Å². The van der Waals surface area contributed by atoms with Crippen LogP contribution in [-0.4, -0.2) is 67.0 Å². The highest BCUT2D eigenvalue weighted by molar-refractivity contribution is 5.82. The Balaban J connectivity index is 1.54. The molecular formula is C23H34N4O2. The van der Waals surface area contributed by atoms with Crippen LogP contribution < -0.4 is 10.6 Å². The van der Waals surface area contributed by atoms with Crippen molar-refractivity contribution in [2.24, 2.45) is 5.92 Å². The van der Waals surface area contributed by atoms with Crippen molar-refractivity contribution >= 4 is 11.9 Å². The van der Waals surface area contributed by atoms with E-state index in [-0.39, 0.29) is 18.0 Å². The number of nitrogens with one attached hydrogen (secondary N) is 2. The van der Waals surface area contributed by atoms with Gasteiger partial charge in [0.15, 0.2) is 0 Å². The zero-order chi connectivity index (χ0) is 20.5. The summed E-state index contributed by atoms with van der Waals surface area (Å²) in [6.07, 6.45) is 7.20. The van der Waals surface area contributed by atoms with Gasteiger partial charge in [-0.05, 0) is 30.7 Å². The number of rotatable bonds is 8. The van der Waals surface area contributed by atoms with Crippen LogP contribution in [0, 0.1) is 5.92 Å². The molecule has 0 spiro atoms. The number of urea groups is 1. The van der Waals surface area contributed by atoms with Crippen LogP contribution >= 0.6 is 0 Å². The van der Waals surface area contributed by atoms with Crippen molar-refractivity contribution in [1.29, 1.82) is 0 Å². The number of nitrogens with zero attached hydrogens (tertiary/aromatic N) is 2. The fraction of sp³-hybridized carbons (Fsp3) is 0.565. The van der Waals surface area contributed by atoms with E-state index in [1.54, 1.807) is 6.08 Å². The molecule has 1 atom stereocenters. The van der Waals surface area contributed by atoms with Gasteiger partial charge in [0.05, 0.1) is 6.04 Å². The summed E-state index contributed by atoms with van der Waals surface area (Å²) in [5.41, 5.74) is 1.24. The predicted octanol–water partition coefficient (Wildman–Crippen LogP) is 2.42. The Morgan fingerprint density at radius 3 is 2.41 bits per heavy atom. The van der Waals surface area contributed by atoms with Gasteiger partial charge in [0.25, 0.3) is 0 Å². The second-order valence-corrected chi connectivity index (χ2v) is 8.01. The molecule has 2 aliphatic rings. The smallest absolute Gasteiger partial charge is 0.317 e. The Morgan fingerprint density at radius 1 is 1.07 bits per heavy atom. The summed E-state index contributed by atoms with van der Waals surface area (Å²) in [7, 11) is 0. The van der Waals surface area contributed by atoms with Gasteiger partial charge in [0.2, 0.25) is 5.91 Å². The second kappa shape index (κ2) is 11.0. The molecule has 2 fully saturated rings. The van der Waals surface area contributed by atoms with Crippen molar-refractivity contribution in [3.05, 3.63) is 48.6 Å². The van der Waals surface area contributed by atoms with Crippen LogP contribution in [0.1, 0.15) is 31.2 Å². The van der Waals surface area contributed by atoms with Crippen molar-refractivity contribution in [3.63, 3.8) is 0 Å². The molecule has 29 heavy (non-hydrogen) atoms. The van der Waals surface area contributed by atoms with Gasteiger partial charge in [-0.3, -0.25) is 9.69 Å². The van der Waals surface area contributed by atoms with Crippen LogP contribution in [0.15, 0.2) is 43.0 Å². The van der Waals surface area contributed by atoms with Gasteiger partial charge in [-0.1, -0.05) is 49.2 Å². The third-order valence-corrected chi connectivity index (χ3v) is 6.06. The quantitative estimate of drug-likeness (QED) is 0.661. The SMILES string of the molecule is C=CCNC(=O)N1CCN([C@@H](C(=O)NCCc2ccccc2)C2CCCC2)CC1. The van der Waals surface area contributed by atoms with E-state index in [1.165, 1.54) is 18.4 Å². The number of benzene rings is 1. The highest BCUT2D eigenvalue weighted by atomic mass is 16.2. The van der Waals surface area contributed by atoms with Gasteiger partial charge >= 0.3 is 6.03 Å². The van der Waals surface area contributed by atoms with Gasteiger partial charge in [0.1, 0.15) is 0 Å². The first kappa shape index (κ1) is 21.4. The molecule has 0 bridgehead atoms. The maximum absolute atomic E-state index is 13.1. The lowest BCUT2D eigenvalue weighted by molar-refractivity contribution is -0.129. The standard InChI is InChI=1S/C23H34N4O2/c1-2-13-25-23(29)27-17-15-26(16-18-27)21(20-10-6-7-11-20)22(28)24-14-12-19-8-4-3-5-9-19/h2-5,8-9,20-21H,1,6-7,10-18H2,(H,24,28)(H,25,29)/t21-/m1/s1. The zero-order valence-corrected chi connectivity index (χ0v) is 17.3. The minimum atomic E-state index is -0.0772. The van der Waals surface area contributed by atoms with Crippen LogP contribution in [0.2, 0.25) is 0 Å². The molecule has 3 amide bonds. The number of piperazine rings is 1. The first-order chi connectivity index (χ1) is 14.2. The molecule has 0 radical (unpaired) electrons. The van der Waals surface area contributed by atoms with E-state index in [0.717, 1.165) is 32.4 Å². The number of carbonyl (C=O) groups excluding carboxylic acids is 2. The monoisotopic (exact) mass is 398 g/mol. The molecule has 1 aliphatic heterocycles. The molecule has 6 nitrogen and oxygen atoms in total. The van der Waals surface area contributed by atoms with Gasteiger partial charge in [0, 0.05) is 39.3 Å². The van der Waals surface area contributed by atoms with Gasteiger partial charge in [-0.25, -0.2) is 4.79 Å². The highest BCUT2D eigenvalue weighted by Gasteiger charge is 2.37. The Kier molecular flexibility index (Phi) is 8.11. The second-order valence-electron chi connectivity index (χ2n) is 8.01. The number of amides is 3. The summed E-state index contributed by atoms with van der Waals surface area (Å²) in [6.45, 7) is 7.58. The fourth-order valence-electron chi connectivity index (χ4n) is 4.50. The molecule has 3 rings (SSSR count). The van der Waals surface area contributed by atoms with Crippen molar-refractivity contribution in [1.82, 2.24) is 20.4 Å². The Labute approximate surface area is 174 Å². The maximum atomic E-state index is 13.1. The molecule has 1 aromatic rings. The molecule has 0 aromatic heterocycles. The Hall–Kier alpha value is -2.34. The summed E-state index contributed by atoms with van der Waals surface area (Å²) >= 11 is 0. The van der Waals surface area contributed by atoms with E-state index < -0.39 is 0 Å². The topological polar surface area (TPSA) is 64.7 Å².